The third kappa shape index (κ3) is 1.53. The smallest absolute Gasteiger partial charge is 0.190 e. The summed E-state index contributed by atoms with van der Waals surface area (Å²) in [4.78, 5) is 24.2. The average Bonchev–Trinajstić information content (AvgIpc) is 2.89. The summed E-state index contributed by atoms with van der Waals surface area (Å²) in [7, 11) is 0. The molecule has 128 valence electrons. The predicted molar refractivity (Wildman–Crippen MR) is 90.3 cm³/mol. The summed E-state index contributed by atoms with van der Waals surface area (Å²) in [6, 6.07) is 0. The van der Waals surface area contributed by atoms with Gasteiger partial charge in [-0.3, -0.25) is 9.59 Å². The number of fused-ring (bicyclic) bond motifs is 6. The number of carbonyl (C=O) groups excluding carboxylic acids is 2. The maximum atomic E-state index is 12.4. The van der Waals surface area contributed by atoms with E-state index >= 15 is 0 Å². The fourth-order valence-electron chi connectivity index (χ4n) is 7.20. The number of hydrogen-bond acceptors (Lipinski definition) is 3. The van der Waals surface area contributed by atoms with Crippen molar-refractivity contribution < 1.29 is 14.3 Å². The second kappa shape index (κ2) is 4.49. The molecule has 0 aromatic heterocycles. The van der Waals surface area contributed by atoms with Crippen LogP contribution in [0.4, 0.5) is 0 Å². The molecule has 0 aromatic carbocycles. The standard InChI is InChI=1S/C21H26O3/c1-19-8-5-14(22)11-13(19)3-4-15-16(19)6-9-20(2)17(15)7-10-21(20)18(23)12-24-21/h5,8,11,15-17H,3-4,6-7,9-10,12H2,1-2H3/t15-,16+,17+,19+,20+,21+/m1/s1. The van der Waals surface area contributed by atoms with E-state index < -0.39 is 5.60 Å². The first-order chi connectivity index (χ1) is 11.4. The normalized spacial score (nSPS) is 52.4. The average molecular weight is 326 g/mol. The third-order valence-corrected chi connectivity index (χ3v) is 8.58. The zero-order chi connectivity index (χ0) is 16.7. The Labute approximate surface area is 143 Å². The highest BCUT2D eigenvalue weighted by molar-refractivity contribution is 6.01. The molecule has 4 fully saturated rings. The first-order valence-corrected chi connectivity index (χ1v) is 9.52. The SMILES string of the molecule is C[C@]12C=CC(=O)C=C1CC[C@@H]1[C@@H]2CC[C@@]2(C)[C@H]1CC[C@@]21OCC1=O. The van der Waals surface area contributed by atoms with Gasteiger partial charge in [-0.15, -0.1) is 0 Å². The molecule has 3 heteroatoms. The van der Waals surface area contributed by atoms with Gasteiger partial charge in [-0.25, -0.2) is 0 Å². The van der Waals surface area contributed by atoms with Crippen LogP contribution in [0.25, 0.3) is 0 Å². The number of Topliss-reactive ketones (excluding diaryl/α,β-unsaturated/α-hetero) is 1. The molecule has 1 spiro atoms. The third-order valence-electron chi connectivity index (χ3n) is 8.58. The van der Waals surface area contributed by atoms with E-state index in [1.807, 2.05) is 6.08 Å². The maximum absolute atomic E-state index is 12.4. The van der Waals surface area contributed by atoms with Gasteiger partial charge in [0.05, 0.1) is 0 Å². The van der Waals surface area contributed by atoms with E-state index in [0.717, 1.165) is 38.5 Å². The largest absolute Gasteiger partial charge is 0.359 e. The fraction of sp³-hybridized carbons (Fsp3) is 0.714. The number of ketones is 2. The van der Waals surface area contributed by atoms with Crippen molar-refractivity contribution in [2.75, 3.05) is 6.61 Å². The Morgan fingerprint density at radius 2 is 1.88 bits per heavy atom. The van der Waals surface area contributed by atoms with E-state index in [0.29, 0.717) is 30.1 Å². The van der Waals surface area contributed by atoms with Crippen molar-refractivity contribution in [3.05, 3.63) is 23.8 Å². The van der Waals surface area contributed by atoms with Crippen LogP contribution in [0.5, 0.6) is 0 Å². The second-order valence-corrected chi connectivity index (χ2v) is 9.14. The molecule has 1 saturated heterocycles. The lowest BCUT2D eigenvalue weighted by Gasteiger charge is -2.60. The van der Waals surface area contributed by atoms with Gasteiger partial charge >= 0.3 is 0 Å². The van der Waals surface area contributed by atoms with Gasteiger partial charge in [-0.05, 0) is 68.4 Å². The first kappa shape index (κ1) is 15.1. The molecule has 4 aliphatic carbocycles. The lowest BCUT2D eigenvalue weighted by molar-refractivity contribution is -0.214. The summed E-state index contributed by atoms with van der Waals surface area (Å²) in [5.41, 5.74) is 0.939. The summed E-state index contributed by atoms with van der Waals surface area (Å²) < 4.78 is 5.97. The van der Waals surface area contributed by atoms with E-state index in [2.05, 4.69) is 19.9 Å². The van der Waals surface area contributed by atoms with Crippen LogP contribution in [0.3, 0.4) is 0 Å². The van der Waals surface area contributed by atoms with Crippen molar-refractivity contribution in [3.63, 3.8) is 0 Å². The minimum absolute atomic E-state index is 0.0231. The van der Waals surface area contributed by atoms with E-state index in [-0.39, 0.29) is 16.6 Å². The summed E-state index contributed by atoms with van der Waals surface area (Å²) in [5.74, 6) is 2.34. The Balaban J connectivity index is 1.52. The van der Waals surface area contributed by atoms with Crippen molar-refractivity contribution >= 4 is 11.6 Å². The molecular weight excluding hydrogens is 300 g/mol. The van der Waals surface area contributed by atoms with Gasteiger partial charge < -0.3 is 4.74 Å². The molecule has 0 radical (unpaired) electrons. The molecular formula is C21H26O3. The first-order valence-electron chi connectivity index (χ1n) is 9.52. The molecule has 5 rings (SSSR count). The van der Waals surface area contributed by atoms with Gasteiger partial charge in [0.15, 0.2) is 11.6 Å². The number of rotatable bonds is 0. The highest BCUT2D eigenvalue weighted by Crippen LogP contribution is 2.68. The van der Waals surface area contributed by atoms with Crippen LogP contribution in [-0.2, 0) is 14.3 Å². The highest BCUT2D eigenvalue weighted by Gasteiger charge is 2.70. The van der Waals surface area contributed by atoms with Gasteiger partial charge in [0.25, 0.3) is 0 Å². The van der Waals surface area contributed by atoms with E-state index in [9.17, 15) is 9.59 Å². The second-order valence-electron chi connectivity index (χ2n) is 9.14. The molecule has 24 heavy (non-hydrogen) atoms. The highest BCUT2D eigenvalue weighted by atomic mass is 16.5. The van der Waals surface area contributed by atoms with Crippen LogP contribution in [0.1, 0.15) is 52.4 Å². The summed E-state index contributed by atoms with van der Waals surface area (Å²) in [6.45, 7) is 4.98. The van der Waals surface area contributed by atoms with Crippen LogP contribution in [0, 0.1) is 28.6 Å². The van der Waals surface area contributed by atoms with Crippen molar-refractivity contribution in [1.82, 2.24) is 0 Å². The van der Waals surface area contributed by atoms with Crippen molar-refractivity contribution in [2.24, 2.45) is 28.6 Å². The lowest BCUT2D eigenvalue weighted by atomic mass is 9.47. The monoisotopic (exact) mass is 326 g/mol. The molecule has 1 aliphatic heterocycles. The molecule has 0 amide bonds. The molecule has 3 nitrogen and oxygen atoms in total. The Morgan fingerprint density at radius 1 is 1.08 bits per heavy atom. The molecule has 0 unspecified atom stereocenters. The quantitative estimate of drug-likeness (QED) is 0.683. The Hall–Kier alpha value is -1.22. The van der Waals surface area contributed by atoms with Crippen LogP contribution < -0.4 is 0 Å². The molecule has 1 heterocycles. The Morgan fingerprint density at radius 3 is 2.58 bits per heavy atom. The van der Waals surface area contributed by atoms with Crippen LogP contribution >= 0.6 is 0 Å². The van der Waals surface area contributed by atoms with Gasteiger partial charge in [0.2, 0.25) is 0 Å². The van der Waals surface area contributed by atoms with Gasteiger partial charge in [-0.2, -0.15) is 0 Å². The Kier molecular flexibility index (Phi) is 2.82. The molecule has 5 aliphatic rings. The van der Waals surface area contributed by atoms with Gasteiger partial charge in [-0.1, -0.05) is 25.5 Å². The van der Waals surface area contributed by atoms with Gasteiger partial charge in [0, 0.05) is 10.8 Å². The Bertz CT molecular complexity index is 704. The fourth-order valence-corrected chi connectivity index (χ4v) is 7.20. The van der Waals surface area contributed by atoms with E-state index in [1.165, 1.54) is 5.57 Å². The predicted octanol–water partition coefficient (Wildman–Crippen LogP) is 3.63. The maximum Gasteiger partial charge on any atom is 0.190 e. The molecule has 0 bridgehead atoms. The van der Waals surface area contributed by atoms with Crippen molar-refractivity contribution in [2.45, 2.75) is 58.0 Å². The molecule has 0 N–H and O–H groups in total. The molecule has 6 atom stereocenters. The number of allylic oxidation sites excluding steroid dienone is 4. The summed E-state index contributed by atoms with van der Waals surface area (Å²) in [6.07, 6.45) is 12.3. The number of hydrogen-bond donors (Lipinski definition) is 0. The molecule has 3 saturated carbocycles. The molecule has 0 aromatic rings. The topological polar surface area (TPSA) is 43.4 Å². The number of ether oxygens (including phenoxy) is 1. The van der Waals surface area contributed by atoms with Crippen LogP contribution in [0.2, 0.25) is 0 Å². The zero-order valence-corrected chi connectivity index (χ0v) is 14.6. The summed E-state index contributed by atoms with van der Waals surface area (Å²) in [5, 5.41) is 0. The zero-order valence-electron chi connectivity index (χ0n) is 14.6. The van der Waals surface area contributed by atoms with Crippen molar-refractivity contribution in [1.29, 1.82) is 0 Å². The summed E-state index contributed by atoms with van der Waals surface area (Å²) >= 11 is 0. The minimum Gasteiger partial charge on any atom is -0.359 e. The van der Waals surface area contributed by atoms with E-state index in [4.69, 9.17) is 4.74 Å². The van der Waals surface area contributed by atoms with Gasteiger partial charge in [0.1, 0.15) is 12.2 Å². The number of carbonyl (C=O) groups is 2. The van der Waals surface area contributed by atoms with Crippen LogP contribution in [0.15, 0.2) is 23.8 Å². The van der Waals surface area contributed by atoms with Crippen LogP contribution in [-0.4, -0.2) is 23.8 Å². The minimum atomic E-state index is -0.460. The van der Waals surface area contributed by atoms with Crippen molar-refractivity contribution in [3.8, 4) is 0 Å². The lowest BCUT2D eigenvalue weighted by Crippen LogP contribution is -2.65. The van der Waals surface area contributed by atoms with E-state index in [1.54, 1.807) is 6.08 Å².